The summed E-state index contributed by atoms with van der Waals surface area (Å²) in [5.41, 5.74) is 0.969. The molecule has 0 fully saturated rings. The minimum Gasteiger partial charge on any atom is -0.287 e. The van der Waals surface area contributed by atoms with Crippen LogP contribution in [0.5, 0.6) is 0 Å². The third-order valence-electron chi connectivity index (χ3n) is 2.57. The number of rotatable bonds is 4. The van der Waals surface area contributed by atoms with E-state index < -0.39 is 0 Å². The average molecular weight is 362 g/mol. The zero-order valence-electron chi connectivity index (χ0n) is 10.2. The van der Waals surface area contributed by atoms with E-state index in [9.17, 15) is 4.79 Å². The predicted octanol–water partition coefficient (Wildman–Crippen LogP) is 4.59. The lowest BCUT2D eigenvalue weighted by molar-refractivity contribution is 0.102. The highest BCUT2D eigenvalue weighted by atomic mass is 79.9. The molecule has 1 aromatic carbocycles. The number of halogens is 3. The van der Waals surface area contributed by atoms with Crippen LogP contribution in [0, 0.1) is 0 Å². The number of hydrogen-bond donors (Lipinski definition) is 0. The molecule has 3 nitrogen and oxygen atoms in total. The normalized spacial score (nSPS) is 10.7. The van der Waals surface area contributed by atoms with Crippen molar-refractivity contribution in [3.05, 3.63) is 50.2 Å². The van der Waals surface area contributed by atoms with Crippen molar-refractivity contribution in [3.63, 3.8) is 0 Å². The minimum absolute atomic E-state index is 0.151. The van der Waals surface area contributed by atoms with Gasteiger partial charge in [-0.05, 0) is 40.5 Å². The summed E-state index contributed by atoms with van der Waals surface area (Å²) in [6.07, 6.45) is 2.51. The van der Waals surface area contributed by atoms with E-state index in [0.29, 0.717) is 32.3 Å². The first-order valence-corrected chi connectivity index (χ1v) is 7.30. The molecule has 19 heavy (non-hydrogen) atoms. The van der Waals surface area contributed by atoms with Crippen molar-refractivity contribution in [2.45, 2.75) is 19.9 Å². The van der Waals surface area contributed by atoms with Crippen LogP contribution in [0.2, 0.25) is 10.0 Å². The zero-order chi connectivity index (χ0) is 14.0. The maximum Gasteiger partial charge on any atom is 0.212 e. The molecule has 1 aromatic heterocycles. The van der Waals surface area contributed by atoms with Crippen LogP contribution in [0.25, 0.3) is 0 Å². The van der Waals surface area contributed by atoms with Crippen LogP contribution in [0.4, 0.5) is 0 Å². The lowest BCUT2D eigenvalue weighted by Gasteiger charge is -2.07. The lowest BCUT2D eigenvalue weighted by Crippen LogP contribution is -2.12. The van der Waals surface area contributed by atoms with E-state index >= 15 is 0 Å². The van der Waals surface area contributed by atoms with E-state index in [0.717, 1.165) is 6.42 Å². The van der Waals surface area contributed by atoms with E-state index in [1.54, 1.807) is 29.1 Å². The zero-order valence-corrected chi connectivity index (χ0v) is 13.3. The molecule has 0 radical (unpaired) electrons. The summed E-state index contributed by atoms with van der Waals surface area (Å²) in [5, 5.41) is 5.06. The summed E-state index contributed by atoms with van der Waals surface area (Å²) in [6.45, 7) is 2.71. The Bertz CT molecular complexity index is 605. The number of aromatic nitrogens is 2. The van der Waals surface area contributed by atoms with Gasteiger partial charge in [0.2, 0.25) is 5.78 Å². The number of hydrogen-bond acceptors (Lipinski definition) is 2. The SMILES string of the molecule is CCCn1ncc(Br)c1C(=O)c1cc(Cl)cc(Cl)c1. The molecule has 6 heteroatoms. The Morgan fingerprint density at radius 3 is 2.53 bits per heavy atom. The standard InChI is InChI=1S/C13H11BrCl2N2O/c1-2-3-18-12(11(14)7-17-18)13(19)8-4-9(15)6-10(16)5-8/h4-7H,2-3H2,1H3. The van der Waals surface area contributed by atoms with Crippen LogP contribution in [-0.4, -0.2) is 15.6 Å². The molecule has 0 spiro atoms. The molecule has 0 aliphatic heterocycles. The number of carbonyl (C=O) groups excluding carboxylic acids is 1. The molecule has 0 saturated carbocycles. The molecule has 2 aromatic rings. The molecule has 0 amide bonds. The third-order valence-corrected chi connectivity index (χ3v) is 3.59. The summed E-state index contributed by atoms with van der Waals surface area (Å²) in [4.78, 5) is 12.5. The number of benzene rings is 1. The lowest BCUT2D eigenvalue weighted by atomic mass is 10.1. The molecule has 0 unspecified atom stereocenters. The number of aryl methyl sites for hydroxylation is 1. The number of ketones is 1. The summed E-state index contributed by atoms with van der Waals surface area (Å²) >= 11 is 15.2. The Hall–Kier alpha value is -0.840. The van der Waals surface area contributed by atoms with E-state index in [-0.39, 0.29) is 5.78 Å². The van der Waals surface area contributed by atoms with E-state index in [4.69, 9.17) is 23.2 Å². The largest absolute Gasteiger partial charge is 0.287 e. The van der Waals surface area contributed by atoms with Crippen LogP contribution in [0.15, 0.2) is 28.9 Å². The number of nitrogens with zero attached hydrogens (tertiary/aromatic N) is 2. The Morgan fingerprint density at radius 2 is 1.95 bits per heavy atom. The van der Waals surface area contributed by atoms with Crippen molar-refractivity contribution >= 4 is 44.9 Å². The van der Waals surface area contributed by atoms with Crippen LogP contribution in [0.1, 0.15) is 29.4 Å². The molecular formula is C13H11BrCl2N2O. The van der Waals surface area contributed by atoms with E-state index in [2.05, 4.69) is 21.0 Å². The van der Waals surface area contributed by atoms with Crippen molar-refractivity contribution in [1.29, 1.82) is 0 Å². The summed E-state index contributed by atoms with van der Waals surface area (Å²) in [6, 6.07) is 4.80. The third kappa shape index (κ3) is 3.19. The van der Waals surface area contributed by atoms with Gasteiger partial charge in [-0.25, -0.2) is 0 Å². The monoisotopic (exact) mass is 360 g/mol. The van der Waals surface area contributed by atoms with Gasteiger partial charge in [0.05, 0.1) is 10.7 Å². The van der Waals surface area contributed by atoms with Crippen molar-refractivity contribution < 1.29 is 4.79 Å². The van der Waals surface area contributed by atoms with E-state index in [1.165, 1.54) is 0 Å². The van der Waals surface area contributed by atoms with Crippen LogP contribution < -0.4 is 0 Å². The Labute approximate surface area is 129 Å². The molecule has 0 N–H and O–H groups in total. The molecule has 0 saturated heterocycles. The minimum atomic E-state index is -0.151. The number of carbonyl (C=O) groups is 1. The summed E-state index contributed by atoms with van der Waals surface area (Å²) in [5.74, 6) is -0.151. The highest BCUT2D eigenvalue weighted by Gasteiger charge is 2.19. The summed E-state index contributed by atoms with van der Waals surface area (Å²) < 4.78 is 2.35. The highest BCUT2D eigenvalue weighted by molar-refractivity contribution is 9.10. The molecule has 0 aliphatic rings. The second-order valence-electron chi connectivity index (χ2n) is 4.05. The van der Waals surface area contributed by atoms with Gasteiger partial charge in [0.25, 0.3) is 0 Å². The van der Waals surface area contributed by atoms with Gasteiger partial charge < -0.3 is 0 Å². The van der Waals surface area contributed by atoms with Gasteiger partial charge in [-0.3, -0.25) is 9.48 Å². The quantitative estimate of drug-likeness (QED) is 0.746. The fourth-order valence-corrected chi connectivity index (χ4v) is 2.79. The Kier molecular flexibility index (Phi) is 4.66. The van der Waals surface area contributed by atoms with Gasteiger partial charge in [0.15, 0.2) is 0 Å². The Balaban J connectivity index is 2.46. The van der Waals surface area contributed by atoms with Gasteiger partial charge in [0.1, 0.15) is 5.69 Å². The van der Waals surface area contributed by atoms with Crippen molar-refractivity contribution in [3.8, 4) is 0 Å². The second kappa shape index (κ2) is 6.07. The molecule has 100 valence electrons. The first-order valence-electron chi connectivity index (χ1n) is 5.75. The predicted molar refractivity (Wildman–Crippen MR) is 80.1 cm³/mol. The van der Waals surface area contributed by atoms with Gasteiger partial charge in [0, 0.05) is 22.2 Å². The second-order valence-corrected chi connectivity index (χ2v) is 5.78. The van der Waals surface area contributed by atoms with E-state index in [1.807, 2.05) is 6.92 Å². The molecule has 2 rings (SSSR count). The smallest absolute Gasteiger partial charge is 0.212 e. The molecule has 0 atom stereocenters. The molecule has 0 aliphatic carbocycles. The maximum absolute atomic E-state index is 12.5. The van der Waals surface area contributed by atoms with Crippen LogP contribution >= 0.6 is 39.1 Å². The fourth-order valence-electron chi connectivity index (χ4n) is 1.79. The Morgan fingerprint density at radius 1 is 1.32 bits per heavy atom. The van der Waals surface area contributed by atoms with Gasteiger partial charge in [-0.1, -0.05) is 30.1 Å². The van der Waals surface area contributed by atoms with Gasteiger partial charge in [-0.15, -0.1) is 0 Å². The first-order chi connectivity index (χ1) is 9.02. The molecule has 1 heterocycles. The fraction of sp³-hybridized carbons (Fsp3) is 0.231. The van der Waals surface area contributed by atoms with Gasteiger partial charge in [-0.2, -0.15) is 5.10 Å². The maximum atomic E-state index is 12.5. The highest BCUT2D eigenvalue weighted by Crippen LogP contribution is 2.24. The average Bonchev–Trinajstić information content (AvgIpc) is 2.69. The topological polar surface area (TPSA) is 34.9 Å². The van der Waals surface area contributed by atoms with Gasteiger partial charge >= 0.3 is 0 Å². The van der Waals surface area contributed by atoms with Crippen molar-refractivity contribution in [2.75, 3.05) is 0 Å². The first kappa shape index (κ1) is 14.6. The molecular weight excluding hydrogens is 351 g/mol. The van der Waals surface area contributed by atoms with Crippen LogP contribution in [-0.2, 0) is 6.54 Å². The van der Waals surface area contributed by atoms with Crippen molar-refractivity contribution in [2.24, 2.45) is 0 Å². The van der Waals surface area contributed by atoms with Crippen molar-refractivity contribution in [1.82, 2.24) is 9.78 Å². The van der Waals surface area contributed by atoms with Crippen LogP contribution in [0.3, 0.4) is 0 Å². The summed E-state index contributed by atoms with van der Waals surface area (Å²) in [7, 11) is 0. The molecule has 0 bridgehead atoms.